The average Bonchev–Trinajstić information content (AvgIpc) is 3.04. The van der Waals surface area contributed by atoms with Gasteiger partial charge in [0, 0.05) is 0 Å². The van der Waals surface area contributed by atoms with Crippen molar-refractivity contribution in [1.82, 2.24) is 0 Å². The van der Waals surface area contributed by atoms with Crippen molar-refractivity contribution in [3.8, 4) is 0 Å². The van der Waals surface area contributed by atoms with Crippen molar-refractivity contribution in [3.05, 3.63) is 36.0 Å². The number of hydrogen-bond acceptors (Lipinski definition) is 1. The highest BCUT2D eigenvalue weighted by Gasteiger charge is 2.68. The van der Waals surface area contributed by atoms with Gasteiger partial charge in [-0.05, 0) is 21.7 Å². The number of hydrogen-bond donors (Lipinski definition) is 0. The standard InChI is InChI=1S/C24H42O/c1-20(2,3)18(21(4,5)6)16-14-13-15-17-19-24(25-19,22(7,8)9)23(10,11)12/h13-17,19H,1-12H3/b14-13+,17-15+. The summed E-state index contributed by atoms with van der Waals surface area (Å²) in [6.07, 6.45) is 11.1. The molecule has 0 aromatic rings. The van der Waals surface area contributed by atoms with Gasteiger partial charge in [-0.2, -0.15) is 0 Å². The molecule has 0 radical (unpaired) electrons. The Morgan fingerprint density at radius 2 is 1.12 bits per heavy atom. The fourth-order valence-corrected chi connectivity index (χ4v) is 4.68. The summed E-state index contributed by atoms with van der Waals surface area (Å²) in [5, 5.41) is 0. The van der Waals surface area contributed by atoms with Crippen LogP contribution in [-0.2, 0) is 4.74 Å². The zero-order chi connectivity index (χ0) is 19.9. The summed E-state index contributed by atoms with van der Waals surface area (Å²) in [6.45, 7) is 27.4. The molecule has 0 saturated carbocycles. The summed E-state index contributed by atoms with van der Waals surface area (Å²) in [5.74, 6) is 0. The predicted molar refractivity (Wildman–Crippen MR) is 112 cm³/mol. The second-order valence-corrected chi connectivity index (χ2v) is 11.6. The van der Waals surface area contributed by atoms with E-state index < -0.39 is 0 Å². The largest absolute Gasteiger partial charge is 0.360 e. The molecule has 0 N–H and O–H groups in total. The maximum Gasteiger partial charge on any atom is 0.108 e. The first-order valence-electron chi connectivity index (χ1n) is 9.68. The molecule has 0 aliphatic carbocycles. The fourth-order valence-electron chi connectivity index (χ4n) is 4.68. The molecule has 1 unspecified atom stereocenters. The molecule has 25 heavy (non-hydrogen) atoms. The van der Waals surface area contributed by atoms with Crippen LogP contribution >= 0.6 is 0 Å². The Bertz CT molecular complexity index is 515. The number of allylic oxidation sites excluding steroid dienone is 5. The van der Waals surface area contributed by atoms with Crippen LogP contribution in [0, 0.1) is 21.7 Å². The van der Waals surface area contributed by atoms with Crippen LogP contribution in [0.15, 0.2) is 36.0 Å². The third kappa shape index (κ3) is 4.88. The SMILES string of the molecule is CC(C)(C)C(=C/C=C/C=C/C1OC1(C(C)(C)C)C(C)(C)C)C(C)(C)C. The lowest BCUT2D eigenvalue weighted by molar-refractivity contribution is 0.0488. The minimum absolute atomic E-state index is 0.0812. The van der Waals surface area contributed by atoms with Gasteiger partial charge >= 0.3 is 0 Å². The molecule has 0 amide bonds. The number of rotatable bonds is 3. The van der Waals surface area contributed by atoms with Crippen LogP contribution in [-0.4, -0.2) is 11.7 Å². The Morgan fingerprint density at radius 1 is 0.680 bits per heavy atom. The van der Waals surface area contributed by atoms with Crippen LogP contribution in [0.5, 0.6) is 0 Å². The molecule has 1 atom stereocenters. The summed E-state index contributed by atoms with van der Waals surface area (Å²) in [4.78, 5) is 0. The zero-order valence-corrected chi connectivity index (χ0v) is 18.9. The highest BCUT2D eigenvalue weighted by Crippen LogP contribution is 2.60. The molecule has 1 aliphatic heterocycles. The van der Waals surface area contributed by atoms with E-state index in [9.17, 15) is 0 Å². The lowest BCUT2D eigenvalue weighted by atomic mass is 9.64. The minimum atomic E-state index is -0.0812. The third-order valence-corrected chi connectivity index (χ3v) is 5.27. The smallest absolute Gasteiger partial charge is 0.108 e. The molecule has 1 nitrogen and oxygen atoms in total. The van der Waals surface area contributed by atoms with Gasteiger partial charge in [-0.3, -0.25) is 0 Å². The topological polar surface area (TPSA) is 12.5 Å². The first-order valence-corrected chi connectivity index (χ1v) is 9.68. The highest BCUT2D eigenvalue weighted by molar-refractivity contribution is 5.28. The van der Waals surface area contributed by atoms with Gasteiger partial charge < -0.3 is 4.74 Å². The molecular weight excluding hydrogens is 304 g/mol. The quantitative estimate of drug-likeness (QED) is 0.384. The Hall–Kier alpha value is -0.820. The molecule has 1 saturated heterocycles. The van der Waals surface area contributed by atoms with E-state index in [2.05, 4.69) is 113 Å². The lowest BCUT2D eigenvalue weighted by Gasteiger charge is -2.38. The Morgan fingerprint density at radius 3 is 1.44 bits per heavy atom. The first-order chi connectivity index (χ1) is 10.9. The van der Waals surface area contributed by atoms with Crippen molar-refractivity contribution < 1.29 is 4.74 Å². The van der Waals surface area contributed by atoms with Crippen LogP contribution in [0.25, 0.3) is 0 Å². The molecule has 0 aromatic heterocycles. The zero-order valence-electron chi connectivity index (χ0n) is 18.9. The summed E-state index contributed by atoms with van der Waals surface area (Å²) in [5.41, 5.74) is 1.98. The molecule has 0 spiro atoms. The summed E-state index contributed by atoms with van der Waals surface area (Å²) < 4.78 is 6.23. The Balaban J connectivity index is 2.89. The number of ether oxygens (including phenoxy) is 1. The summed E-state index contributed by atoms with van der Waals surface area (Å²) >= 11 is 0. The van der Waals surface area contributed by atoms with E-state index in [4.69, 9.17) is 4.74 Å². The van der Waals surface area contributed by atoms with Crippen LogP contribution < -0.4 is 0 Å². The average molecular weight is 347 g/mol. The number of epoxide rings is 1. The monoisotopic (exact) mass is 346 g/mol. The van der Waals surface area contributed by atoms with Crippen LogP contribution in [0.4, 0.5) is 0 Å². The molecule has 0 aromatic carbocycles. The van der Waals surface area contributed by atoms with E-state index in [0.717, 1.165) is 0 Å². The molecule has 144 valence electrons. The maximum atomic E-state index is 6.23. The van der Waals surface area contributed by atoms with Gasteiger partial charge in [0.15, 0.2) is 0 Å². The van der Waals surface area contributed by atoms with Gasteiger partial charge in [-0.1, -0.05) is 119 Å². The maximum absolute atomic E-state index is 6.23. The Labute approximate surface area is 157 Å². The van der Waals surface area contributed by atoms with Crippen LogP contribution in [0.3, 0.4) is 0 Å². The van der Waals surface area contributed by atoms with Crippen LogP contribution in [0.2, 0.25) is 0 Å². The van der Waals surface area contributed by atoms with E-state index in [1.807, 2.05) is 0 Å². The van der Waals surface area contributed by atoms with Crippen molar-refractivity contribution in [1.29, 1.82) is 0 Å². The van der Waals surface area contributed by atoms with Gasteiger partial charge in [-0.25, -0.2) is 0 Å². The molecule has 1 fully saturated rings. The van der Waals surface area contributed by atoms with E-state index in [0.29, 0.717) is 0 Å². The molecule has 1 heterocycles. The van der Waals surface area contributed by atoms with E-state index >= 15 is 0 Å². The van der Waals surface area contributed by atoms with Crippen LogP contribution in [0.1, 0.15) is 83.1 Å². The molecule has 0 bridgehead atoms. The second-order valence-electron chi connectivity index (χ2n) is 11.6. The molecule has 1 aliphatic rings. The first kappa shape index (κ1) is 22.2. The lowest BCUT2D eigenvalue weighted by Crippen LogP contribution is -2.44. The van der Waals surface area contributed by atoms with Crippen molar-refractivity contribution in [2.24, 2.45) is 21.7 Å². The normalized spacial score (nSPS) is 21.8. The van der Waals surface area contributed by atoms with E-state index in [1.165, 1.54) is 5.57 Å². The second kappa shape index (κ2) is 6.72. The molecular formula is C24H42O. The molecule has 1 rings (SSSR count). The third-order valence-electron chi connectivity index (χ3n) is 5.27. The van der Waals surface area contributed by atoms with Crippen molar-refractivity contribution >= 4 is 0 Å². The minimum Gasteiger partial charge on any atom is -0.360 e. The summed E-state index contributed by atoms with van der Waals surface area (Å²) in [6, 6.07) is 0. The Kier molecular flexibility index (Phi) is 5.98. The van der Waals surface area contributed by atoms with Crippen molar-refractivity contribution in [2.45, 2.75) is 94.8 Å². The van der Waals surface area contributed by atoms with Crippen molar-refractivity contribution in [2.75, 3.05) is 0 Å². The van der Waals surface area contributed by atoms with E-state index in [1.54, 1.807) is 0 Å². The van der Waals surface area contributed by atoms with Gasteiger partial charge in [0.25, 0.3) is 0 Å². The van der Waals surface area contributed by atoms with Gasteiger partial charge in [-0.15, -0.1) is 0 Å². The van der Waals surface area contributed by atoms with Gasteiger partial charge in [0.1, 0.15) is 11.7 Å². The van der Waals surface area contributed by atoms with Gasteiger partial charge in [0.05, 0.1) is 0 Å². The predicted octanol–water partition coefficient (Wildman–Crippen LogP) is 7.35. The van der Waals surface area contributed by atoms with E-state index in [-0.39, 0.29) is 33.4 Å². The summed E-state index contributed by atoms with van der Waals surface area (Å²) in [7, 11) is 0. The molecule has 1 heteroatoms. The van der Waals surface area contributed by atoms with Crippen molar-refractivity contribution in [3.63, 3.8) is 0 Å². The highest BCUT2D eigenvalue weighted by atomic mass is 16.6. The fraction of sp³-hybridized carbons (Fsp3) is 0.750. The van der Waals surface area contributed by atoms with Gasteiger partial charge in [0.2, 0.25) is 0 Å².